The maximum absolute atomic E-state index is 12.7. The van der Waals surface area contributed by atoms with Gasteiger partial charge in [-0.05, 0) is 33.6 Å². The molecule has 0 saturated heterocycles. The van der Waals surface area contributed by atoms with E-state index in [2.05, 4.69) is 6.58 Å². The largest absolute Gasteiger partial charge is 0.481 e. The van der Waals surface area contributed by atoms with Gasteiger partial charge in [0.25, 0.3) is 0 Å². The highest BCUT2D eigenvalue weighted by Gasteiger charge is 2.46. The summed E-state index contributed by atoms with van der Waals surface area (Å²) in [5.41, 5.74) is -0.585. The van der Waals surface area contributed by atoms with Gasteiger partial charge in [0, 0.05) is 12.1 Å². The average molecular weight is 289 g/mol. The number of hydrogen-bond donors (Lipinski definition) is 1. The van der Waals surface area contributed by atoms with Gasteiger partial charge < -0.3 is 5.11 Å². The van der Waals surface area contributed by atoms with Crippen molar-refractivity contribution in [1.29, 1.82) is 0 Å². The Morgan fingerprint density at radius 2 is 2.00 bits per heavy atom. The molecular formula is C13H23NO4S. The van der Waals surface area contributed by atoms with Crippen LogP contribution in [-0.4, -0.2) is 41.1 Å². The minimum absolute atomic E-state index is 0.203. The van der Waals surface area contributed by atoms with Crippen LogP contribution < -0.4 is 0 Å². The second-order valence-electron chi connectivity index (χ2n) is 5.95. The summed E-state index contributed by atoms with van der Waals surface area (Å²) in [4.78, 5) is 11.2. The molecule has 5 nitrogen and oxygen atoms in total. The third-order valence-electron chi connectivity index (χ3n) is 3.50. The summed E-state index contributed by atoms with van der Waals surface area (Å²) in [5.74, 6) is -1.81. The lowest BCUT2D eigenvalue weighted by Gasteiger charge is -2.36. The maximum atomic E-state index is 12.7. The summed E-state index contributed by atoms with van der Waals surface area (Å²) >= 11 is 0. The molecule has 1 saturated carbocycles. The number of carboxylic acid groups (broad SMARTS) is 1. The molecule has 0 aromatic heterocycles. The Labute approximate surface area is 115 Å². The second kappa shape index (κ2) is 5.63. The fourth-order valence-corrected chi connectivity index (χ4v) is 5.14. The van der Waals surface area contributed by atoms with Crippen molar-refractivity contribution in [2.45, 2.75) is 50.8 Å². The fourth-order valence-electron chi connectivity index (χ4n) is 2.61. The van der Waals surface area contributed by atoms with E-state index in [4.69, 9.17) is 5.11 Å². The van der Waals surface area contributed by atoms with Crippen LogP contribution in [-0.2, 0) is 14.8 Å². The van der Waals surface area contributed by atoms with Gasteiger partial charge in [-0.3, -0.25) is 4.79 Å². The first-order valence-electron chi connectivity index (χ1n) is 6.47. The van der Waals surface area contributed by atoms with Crippen molar-refractivity contribution in [2.75, 3.05) is 6.54 Å². The normalized spacial score (nSPS) is 24.6. The first-order valence-corrected chi connectivity index (χ1v) is 7.98. The Morgan fingerprint density at radius 3 is 2.42 bits per heavy atom. The van der Waals surface area contributed by atoms with Crippen LogP contribution in [0.3, 0.4) is 0 Å². The number of carboxylic acids is 1. The third-order valence-corrected chi connectivity index (χ3v) is 6.14. The molecular weight excluding hydrogens is 266 g/mol. The number of rotatable bonds is 5. The van der Waals surface area contributed by atoms with Gasteiger partial charge in [-0.1, -0.05) is 12.5 Å². The molecule has 2 unspecified atom stereocenters. The van der Waals surface area contributed by atoms with Crippen LogP contribution >= 0.6 is 0 Å². The molecule has 19 heavy (non-hydrogen) atoms. The quantitative estimate of drug-likeness (QED) is 0.784. The monoisotopic (exact) mass is 289 g/mol. The number of aliphatic carboxylic acids is 1. The van der Waals surface area contributed by atoms with Gasteiger partial charge in [0.1, 0.15) is 0 Å². The van der Waals surface area contributed by atoms with Crippen LogP contribution in [0.15, 0.2) is 12.7 Å². The van der Waals surface area contributed by atoms with E-state index in [0.717, 1.165) is 0 Å². The summed E-state index contributed by atoms with van der Waals surface area (Å²) in [6.07, 6.45) is 3.04. The van der Waals surface area contributed by atoms with Gasteiger partial charge in [-0.15, -0.1) is 6.58 Å². The molecule has 2 atom stereocenters. The van der Waals surface area contributed by atoms with Crippen LogP contribution in [0, 0.1) is 5.92 Å². The molecule has 1 N–H and O–H groups in total. The molecule has 0 aromatic carbocycles. The van der Waals surface area contributed by atoms with E-state index >= 15 is 0 Å². The zero-order chi connectivity index (χ0) is 14.8. The highest BCUT2D eigenvalue weighted by Crippen LogP contribution is 2.35. The highest BCUT2D eigenvalue weighted by atomic mass is 32.2. The highest BCUT2D eigenvalue weighted by molar-refractivity contribution is 7.89. The van der Waals surface area contributed by atoms with Gasteiger partial charge in [0.2, 0.25) is 10.0 Å². The number of carbonyl (C=O) groups is 1. The van der Waals surface area contributed by atoms with E-state index in [1.54, 1.807) is 20.8 Å². The van der Waals surface area contributed by atoms with Gasteiger partial charge >= 0.3 is 5.97 Å². The molecule has 0 bridgehead atoms. The van der Waals surface area contributed by atoms with Crippen LogP contribution in [0.4, 0.5) is 0 Å². The molecule has 0 aliphatic heterocycles. The molecule has 0 aromatic rings. The van der Waals surface area contributed by atoms with Gasteiger partial charge in [-0.2, -0.15) is 4.31 Å². The summed E-state index contributed by atoms with van der Waals surface area (Å²) in [7, 11) is -3.63. The zero-order valence-corrected chi connectivity index (χ0v) is 12.6. The van der Waals surface area contributed by atoms with Crippen molar-refractivity contribution in [2.24, 2.45) is 5.92 Å². The molecule has 0 spiro atoms. The maximum Gasteiger partial charge on any atom is 0.307 e. The molecule has 1 aliphatic carbocycles. The van der Waals surface area contributed by atoms with Crippen molar-refractivity contribution in [3.8, 4) is 0 Å². The molecule has 6 heteroatoms. The first kappa shape index (κ1) is 16.2. The Morgan fingerprint density at radius 1 is 1.42 bits per heavy atom. The van der Waals surface area contributed by atoms with E-state index in [1.807, 2.05) is 0 Å². The summed E-state index contributed by atoms with van der Waals surface area (Å²) < 4.78 is 26.8. The topological polar surface area (TPSA) is 74.7 Å². The lowest BCUT2D eigenvalue weighted by molar-refractivity contribution is -0.141. The lowest BCUT2D eigenvalue weighted by Crippen LogP contribution is -2.50. The third kappa shape index (κ3) is 3.36. The van der Waals surface area contributed by atoms with E-state index in [0.29, 0.717) is 19.3 Å². The lowest BCUT2D eigenvalue weighted by atomic mass is 10.1. The Balaban J connectivity index is 3.13. The van der Waals surface area contributed by atoms with Crippen molar-refractivity contribution in [1.82, 2.24) is 4.31 Å². The molecule has 1 rings (SSSR count). The van der Waals surface area contributed by atoms with Gasteiger partial charge in [0.05, 0.1) is 11.2 Å². The van der Waals surface area contributed by atoms with Crippen LogP contribution in [0.5, 0.6) is 0 Å². The predicted molar refractivity (Wildman–Crippen MR) is 74.3 cm³/mol. The standard InChI is InChI=1S/C13H23NO4S/c1-5-9-14(13(2,3)4)19(17,18)11-8-6-7-10(11)12(15)16/h5,10-11H,1,6-9H2,2-4H3,(H,15,16). The summed E-state index contributed by atoms with van der Waals surface area (Å²) in [6.45, 7) is 9.20. The minimum atomic E-state index is -3.63. The molecule has 0 amide bonds. The number of hydrogen-bond acceptors (Lipinski definition) is 3. The van der Waals surface area contributed by atoms with E-state index < -0.39 is 32.7 Å². The average Bonchev–Trinajstić information content (AvgIpc) is 2.73. The van der Waals surface area contributed by atoms with Crippen LogP contribution in [0.25, 0.3) is 0 Å². The molecule has 0 radical (unpaired) electrons. The van der Waals surface area contributed by atoms with E-state index in [1.165, 1.54) is 10.4 Å². The van der Waals surface area contributed by atoms with E-state index in [9.17, 15) is 13.2 Å². The summed E-state index contributed by atoms with van der Waals surface area (Å²) in [5, 5.41) is 8.34. The molecule has 1 fully saturated rings. The van der Waals surface area contributed by atoms with Crippen LogP contribution in [0.1, 0.15) is 40.0 Å². The fraction of sp³-hybridized carbons (Fsp3) is 0.769. The Bertz CT molecular complexity index is 450. The second-order valence-corrected chi connectivity index (χ2v) is 8.03. The Hall–Kier alpha value is -0.880. The Kier molecular flexibility index (Phi) is 4.79. The van der Waals surface area contributed by atoms with Crippen molar-refractivity contribution >= 4 is 16.0 Å². The molecule has 1 aliphatic rings. The zero-order valence-electron chi connectivity index (χ0n) is 11.8. The van der Waals surface area contributed by atoms with E-state index in [-0.39, 0.29) is 6.54 Å². The van der Waals surface area contributed by atoms with Gasteiger partial charge in [0.15, 0.2) is 0 Å². The number of nitrogens with zero attached hydrogens (tertiary/aromatic N) is 1. The summed E-state index contributed by atoms with van der Waals surface area (Å²) in [6, 6.07) is 0. The minimum Gasteiger partial charge on any atom is -0.481 e. The number of sulfonamides is 1. The van der Waals surface area contributed by atoms with Crippen molar-refractivity contribution < 1.29 is 18.3 Å². The molecule has 0 heterocycles. The predicted octanol–water partition coefficient (Wildman–Crippen LogP) is 1.86. The SMILES string of the molecule is C=CCN(C(C)(C)C)S(=O)(=O)C1CCCC1C(=O)O. The molecule has 110 valence electrons. The smallest absolute Gasteiger partial charge is 0.307 e. The van der Waals surface area contributed by atoms with Gasteiger partial charge in [-0.25, -0.2) is 8.42 Å². The van der Waals surface area contributed by atoms with Crippen LogP contribution in [0.2, 0.25) is 0 Å². The van der Waals surface area contributed by atoms with Crippen molar-refractivity contribution in [3.63, 3.8) is 0 Å². The van der Waals surface area contributed by atoms with Crippen molar-refractivity contribution in [3.05, 3.63) is 12.7 Å². The first-order chi connectivity index (χ1) is 8.62.